The van der Waals surface area contributed by atoms with Gasteiger partial charge in [-0.05, 0) is 25.1 Å². The van der Waals surface area contributed by atoms with Crippen molar-refractivity contribution in [2.45, 2.75) is 18.2 Å². The van der Waals surface area contributed by atoms with Crippen LogP contribution in [0.3, 0.4) is 0 Å². The standard InChI is InChI=1S/C14H14O3S/c1-12-8-10-14(11-9-12)18(15,16)17-13-6-4-2-3-5-7-13/h2-6,8-11H,7H2,1H3. The Bertz CT molecular complexity index is 605. The van der Waals surface area contributed by atoms with Gasteiger partial charge in [0.1, 0.15) is 10.7 Å². The first-order valence-electron chi connectivity index (χ1n) is 5.61. The first-order chi connectivity index (χ1) is 8.58. The maximum Gasteiger partial charge on any atom is 0.338 e. The zero-order valence-corrected chi connectivity index (χ0v) is 10.9. The van der Waals surface area contributed by atoms with Crippen LogP contribution in [0.5, 0.6) is 0 Å². The summed E-state index contributed by atoms with van der Waals surface area (Å²) in [4.78, 5) is 0.172. The number of hydrogen-bond acceptors (Lipinski definition) is 3. The highest BCUT2D eigenvalue weighted by Gasteiger charge is 2.17. The minimum Gasteiger partial charge on any atom is -0.383 e. The van der Waals surface area contributed by atoms with Gasteiger partial charge >= 0.3 is 10.1 Å². The van der Waals surface area contributed by atoms with Crippen molar-refractivity contribution in [1.82, 2.24) is 0 Å². The van der Waals surface area contributed by atoms with E-state index in [0.717, 1.165) is 5.56 Å². The van der Waals surface area contributed by atoms with Gasteiger partial charge in [-0.25, -0.2) is 0 Å². The van der Waals surface area contributed by atoms with Crippen molar-refractivity contribution < 1.29 is 12.6 Å². The Morgan fingerprint density at radius 2 is 1.78 bits per heavy atom. The van der Waals surface area contributed by atoms with E-state index in [1.807, 2.05) is 25.2 Å². The molecular weight excluding hydrogens is 248 g/mol. The Labute approximate surface area is 107 Å². The van der Waals surface area contributed by atoms with Crippen LogP contribution in [0.15, 0.2) is 65.3 Å². The molecule has 0 bridgehead atoms. The van der Waals surface area contributed by atoms with Crippen molar-refractivity contribution in [3.63, 3.8) is 0 Å². The van der Waals surface area contributed by atoms with Crippen molar-refractivity contribution in [2.24, 2.45) is 0 Å². The lowest BCUT2D eigenvalue weighted by Crippen LogP contribution is -2.06. The molecule has 0 saturated heterocycles. The second-order valence-electron chi connectivity index (χ2n) is 4.00. The summed E-state index contributed by atoms with van der Waals surface area (Å²) in [6.45, 7) is 1.90. The lowest BCUT2D eigenvalue weighted by atomic mass is 10.2. The third-order valence-corrected chi connectivity index (χ3v) is 3.77. The Balaban J connectivity index is 2.22. The van der Waals surface area contributed by atoms with Crippen molar-refractivity contribution in [3.05, 3.63) is 66.0 Å². The molecule has 0 fully saturated rings. The topological polar surface area (TPSA) is 43.4 Å². The number of aryl methyl sites for hydroxylation is 1. The van der Waals surface area contributed by atoms with Crippen molar-refractivity contribution in [1.29, 1.82) is 0 Å². The minimum atomic E-state index is -3.73. The first-order valence-corrected chi connectivity index (χ1v) is 7.02. The quantitative estimate of drug-likeness (QED) is 0.786. The predicted octanol–water partition coefficient (Wildman–Crippen LogP) is 3.10. The first kappa shape index (κ1) is 12.6. The molecule has 1 aromatic carbocycles. The zero-order chi connectivity index (χ0) is 13.0. The van der Waals surface area contributed by atoms with Gasteiger partial charge in [0.05, 0.1) is 0 Å². The molecule has 0 heterocycles. The van der Waals surface area contributed by atoms with Gasteiger partial charge in [-0.2, -0.15) is 8.42 Å². The van der Waals surface area contributed by atoms with E-state index >= 15 is 0 Å². The van der Waals surface area contributed by atoms with E-state index in [4.69, 9.17) is 4.18 Å². The highest BCUT2D eigenvalue weighted by Crippen LogP contribution is 2.19. The van der Waals surface area contributed by atoms with Gasteiger partial charge in [0, 0.05) is 6.42 Å². The van der Waals surface area contributed by atoms with Crippen LogP contribution in [0.25, 0.3) is 0 Å². The van der Waals surface area contributed by atoms with Crippen LogP contribution < -0.4 is 0 Å². The molecule has 0 N–H and O–H groups in total. The normalized spacial score (nSPS) is 15.1. The zero-order valence-electron chi connectivity index (χ0n) is 10.0. The molecule has 3 nitrogen and oxygen atoms in total. The molecule has 0 atom stereocenters. The van der Waals surface area contributed by atoms with E-state index in [-0.39, 0.29) is 4.90 Å². The average Bonchev–Trinajstić information content (AvgIpc) is 2.57. The van der Waals surface area contributed by atoms with E-state index in [1.54, 1.807) is 36.4 Å². The van der Waals surface area contributed by atoms with Crippen LogP contribution >= 0.6 is 0 Å². The highest BCUT2D eigenvalue weighted by molar-refractivity contribution is 7.86. The summed E-state index contributed by atoms with van der Waals surface area (Å²) in [6, 6.07) is 6.59. The van der Waals surface area contributed by atoms with Crippen LogP contribution in [0.2, 0.25) is 0 Å². The molecule has 1 aliphatic carbocycles. The van der Waals surface area contributed by atoms with E-state index in [2.05, 4.69) is 0 Å². The van der Waals surface area contributed by atoms with Crippen LogP contribution in [-0.2, 0) is 14.3 Å². The Hall–Kier alpha value is -1.81. The lowest BCUT2D eigenvalue weighted by molar-refractivity contribution is 0.400. The molecule has 1 aromatic rings. The van der Waals surface area contributed by atoms with E-state index in [1.165, 1.54) is 0 Å². The third kappa shape index (κ3) is 3.11. The molecule has 0 aromatic heterocycles. The Morgan fingerprint density at radius 1 is 1.06 bits per heavy atom. The summed E-state index contributed by atoms with van der Waals surface area (Å²) < 4.78 is 29.1. The van der Waals surface area contributed by atoms with Gasteiger partial charge in [0.2, 0.25) is 0 Å². The van der Waals surface area contributed by atoms with Gasteiger partial charge in [-0.1, -0.05) is 42.0 Å². The van der Waals surface area contributed by atoms with E-state index in [0.29, 0.717) is 12.2 Å². The second-order valence-corrected chi connectivity index (χ2v) is 5.55. The highest BCUT2D eigenvalue weighted by atomic mass is 32.2. The van der Waals surface area contributed by atoms with E-state index in [9.17, 15) is 8.42 Å². The van der Waals surface area contributed by atoms with Crippen molar-refractivity contribution in [3.8, 4) is 0 Å². The molecule has 0 saturated carbocycles. The SMILES string of the molecule is Cc1ccc(S(=O)(=O)OC2=CC=CC=CC2)cc1. The van der Waals surface area contributed by atoms with Crippen LogP contribution in [0.4, 0.5) is 0 Å². The summed E-state index contributed by atoms with van der Waals surface area (Å²) in [5, 5.41) is 0. The maximum atomic E-state index is 12.0. The summed E-state index contributed by atoms with van der Waals surface area (Å²) in [5.74, 6) is 0.417. The minimum absolute atomic E-state index is 0.172. The monoisotopic (exact) mass is 262 g/mol. The van der Waals surface area contributed by atoms with Crippen LogP contribution in [-0.4, -0.2) is 8.42 Å². The average molecular weight is 262 g/mol. The predicted molar refractivity (Wildman–Crippen MR) is 70.4 cm³/mol. The summed E-state index contributed by atoms with van der Waals surface area (Å²) in [7, 11) is -3.73. The Morgan fingerprint density at radius 3 is 2.50 bits per heavy atom. The molecule has 4 heteroatoms. The Kier molecular flexibility index (Phi) is 3.67. The van der Waals surface area contributed by atoms with Gasteiger partial charge in [0.25, 0.3) is 0 Å². The molecule has 0 radical (unpaired) electrons. The fraction of sp³-hybridized carbons (Fsp3) is 0.143. The molecule has 1 aliphatic rings. The van der Waals surface area contributed by atoms with Gasteiger partial charge in [-0.3, -0.25) is 0 Å². The summed E-state index contributed by atoms with van der Waals surface area (Å²) in [5.41, 5.74) is 1.01. The number of allylic oxidation sites excluding steroid dienone is 5. The molecular formula is C14H14O3S. The molecule has 2 rings (SSSR count). The summed E-state index contributed by atoms with van der Waals surface area (Å²) >= 11 is 0. The molecule has 0 unspecified atom stereocenters. The van der Waals surface area contributed by atoms with Crippen molar-refractivity contribution in [2.75, 3.05) is 0 Å². The second kappa shape index (κ2) is 5.23. The summed E-state index contributed by atoms with van der Waals surface area (Å²) in [6.07, 6.45) is 9.41. The molecule has 18 heavy (non-hydrogen) atoms. The molecule has 0 spiro atoms. The number of benzene rings is 1. The lowest BCUT2D eigenvalue weighted by Gasteiger charge is -2.08. The number of hydrogen-bond donors (Lipinski definition) is 0. The van der Waals surface area contributed by atoms with Gasteiger partial charge < -0.3 is 4.18 Å². The van der Waals surface area contributed by atoms with Crippen LogP contribution in [0.1, 0.15) is 12.0 Å². The third-order valence-electron chi connectivity index (χ3n) is 2.49. The number of rotatable bonds is 3. The molecule has 94 valence electrons. The van der Waals surface area contributed by atoms with Gasteiger partial charge in [-0.15, -0.1) is 0 Å². The smallest absolute Gasteiger partial charge is 0.338 e. The largest absolute Gasteiger partial charge is 0.383 e. The molecule has 0 aliphatic heterocycles. The fourth-order valence-electron chi connectivity index (χ4n) is 1.51. The van der Waals surface area contributed by atoms with Crippen LogP contribution in [0, 0.1) is 6.92 Å². The maximum absolute atomic E-state index is 12.0. The fourth-order valence-corrected chi connectivity index (χ4v) is 2.48. The van der Waals surface area contributed by atoms with Crippen molar-refractivity contribution >= 4 is 10.1 Å². The molecule has 0 amide bonds. The van der Waals surface area contributed by atoms with E-state index < -0.39 is 10.1 Å². The van der Waals surface area contributed by atoms with Gasteiger partial charge in [0.15, 0.2) is 0 Å².